The molecule has 3 fully saturated rings. The van der Waals surface area contributed by atoms with Crippen LogP contribution in [0.1, 0.15) is 65.4 Å². The van der Waals surface area contributed by atoms with Gasteiger partial charge in [0.2, 0.25) is 17.8 Å². The van der Waals surface area contributed by atoms with Crippen molar-refractivity contribution in [3.8, 4) is 17.6 Å². The van der Waals surface area contributed by atoms with E-state index in [2.05, 4.69) is 32.0 Å². The summed E-state index contributed by atoms with van der Waals surface area (Å²) in [4.78, 5) is 95.6. The molecule has 1 aromatic heterocycles. The third kappa shape index (κ3) is 10.1. The molecule has 6 aromatic rings. The van der Waals surface area contributed by atoms with Crippen LogP contribution in [0.5, 0.6) is 5.75 Å². The third-order valence-corrected chi connectivity index (χ3v) is 15.2. The number of nitrogens with one attached hydrogen (secondary N) is 1. The van der Waals surface area contributed by atoms with Crippen molar-refractivity contribution in [1.82, 2.24) is 30.0 Å². The fourth-order valence-electron chi connectivity index (χ4n) is 11.7. The number of morpholine rings is 1. The number of fused-ring (bicyclic) bond motifs is 3. The molecule has 4 aliphatic heterocycles. The second-order valence-corrected chi connectivity index (χ2v) is 20.3. The normalized spacial score (nSPS) is 22.1. The van der Waals surface area contributed by atoms with Crippen molar-refractivity contribution in [1.29, 1.82) is 0 Å². The predicted octanol–water partition coefficient (Wildman–Crippen LogP) is 6.25. The number of aliphatic hydroxyl groups is 1. The van der Waals surface area contributed by atoms with Crippen molar-refractivity contribution in [2.45, 2.75) is 56.1 Å². The van der Waals surface area contributed by atoms with Crippen LogP contribution in [-0.4, -0.2) is 132 Å². The molecule has 3 saturated heterocycles. The lowest BCUT2D eigenvalue weighted by Crippen LogP contribution is -2.60. The molecule has 4 amide bonds. The van der Waals surface area contributed by atoms with Gasteiger partial charge < -0.3 is 34.4 Å². The molecule has 400 valence electrons. The first-order valence-corrected chi connectivity index (χ1v) is 26.3. The number of aromatic nitrogens is 2. The lowest BCUT2D eigenvalue weighted by atomic mass is 9.64. The molecule has 17 heteroatoms. The van der Waals surface area contributed by atoms with Gasteiger partial charge in [-0.1, -0.05) is 129 Å². The number of hydrogen-bond donors (Lipinski definition) is 2. The summed E-state index contributed by atoms with van der Waals surface area (Å²) in [5, 5.41) is 12.8. The van der Waals surface area contributed by atoms with E-state index in [9.17, 15) is 9.90 Å². The number of anilines is 2. The van der Waals surface area contributed by atoms with E-state index in [1.807, 2.05) is 114 Å². The predicted molar refractivity (Wildman–Crippen MR) is 291 cm³/mol. The summed E-state index contributed by atoms with van der Waals surface area (Å²) in [5.41, 5.74) is 1.81. The molecule has 5 heterocycles. The monoisotopic (exact) mass is 1050 g/mol. The number of rotatable bonds is 14. The number of piperazine rings is 1. The van der Waals surface area contributed by atoms with Crippen molar-refractivity contribution in [3.63, 3.8) is 0 Å². The lowest BCUT2D eigenvalue weighted by Gasteiger charge is -2.46. The van der Waals surface area contributed by atoms with E-state index >= 15 is 19.2 Å². The van der Waals surface area contributed by atoms with Crippen LogP contribution in [0.2, 0.25) is 0 Å². The Balaban J connectivity index is 1.22. The standard InChI is InChI=1S/C61H62N8O9/c1-40(2)50(56(72)76-4)64-60(75)68-48-27-26-41(19-15-30-65(3)39-42-17-8-5-9-18-42)37-47(48)61(58(68)74)49(55(71)66-31-33-67(34-32-66)59-62-28-16-29-63-59)52-57(73)78-53(44-22-12-7-13-23-44)51(43-20-10-6-11-21-43)69(52)54(61)45-24-14-25-46(38-45)77-36-35-70/h5-14,16-18,20-29,37-38,40,49-54,70H,30-36,39H2,1-4H3,(H,64,75)/t49-,50+,51-,52-,53+,54+,61-/m1/s1. The highest BCUT2D eigenvalue weighted by Gasteiger charge is 2.76. The van der Waals surface area contributed by atoms with Crippen molar-refractivity contribution in [2.75, 3.05) is 69.9 Å². The first-order valence-electron chi connectivity index (χ1n) is 26.3. The molecule has 1 spiro atoms. The third-order valence-electron chi connectivity index (χ3n) is 15.2. The zero-order valence-electron chi connectivity index (χ0n) is 44.0. The lowest BCUT2D eigenvalue weighted by molar-refractivity contribution is -0.179. The Labute approximate surface area is 453 Å². The molecule has 78 heavy (non-hydrogen) atoms. The fourth-order valence-corrected chi connectivity index (χ4v) is 11.7. The molecule has 0 radical (unpaired) electrons. The highest BCUT2D eigenvalue weighted by atomic mass is 16.6. The number of esters is 2. The van der Waals surface area contributed by atoms with Gasteiger partial charge >= 0.3 is 18.0 Å². The van der Waals surface area contributed by atoms with Gasteiger partial charge in [-0.15, -0.1) is 0 Å². The number of urea groups is 1. The molecule has 0 unspecified atom stereocenters. The molecule has 17 nitrogen and oxygen atoms in total. The Morgan fingerprint density at radius 3 is 2.15 bits per heavy atom. The Hall–Kier alpha value is -8.43. The van der Waals surface area contributed by atoms with Gasteiger partial charge in [0, 0.05) is 50.7 Å². The first-order chi connectivity index (χ1) is 37.9. The highest BCUT2D eigenvalue weighted by molar-refractivity contribution is 6.25. The summed E-state index contributed by atoms with van der Waals surface area (Å²) in [6.45, 7) is 5.23. The average Bonchev–Trinajstić information content (AvgIpc) is 3.90. The second kappa shape index (κ2) is 23.0. The van der Waals surface area contributed by atoms with Gasteiger partial charge in [0.15, 0.2) is 0 Å². The molecular formula is C61H62N8O9. The Morgan fingerprint density at radius 1 is 0.821 bits per heavy atom. The topological polar surface area (TPSA) is 187 Å². The number of methoxy groups -OCH3 is 1. The summed E-state index contributed by atoms with van der Waals surface area (Å²) in [6.07, 6.45) is 2.35. The maximum Gasteiger partial charge on any atom is 0.329 e. The number of amides is 4. The summed E-state index contributed by atoms with van der Waals surface area (Å²) in [7, 11) is 3.20. The Bertz CT molecular complexity index is 3210. The van der Waals surface area contributed by atoms with E-state index in [-0.39, 0.29) is 37.6 Å². The molecule has 0 bridgehead atoms. The number of aliphatic hydroxyl groups excluding tert-OH is 1. The van der Waals surface area contributed by atoms with Crippen LogP contribution in [0.15, 0.2) is 152 Å². The quantitative estimate of drug-likeness (QED) is 0.0921. The van der Waals surface area contributed by atoms with Gasteiger partial charge in [-0.3, -0.25) is 24.2 Å². The van der Waals surface area contributed by atoms with Crippen molar-refractivity contribution < 1.29 is 43.3 Å². The SMILES string of the molecule is COC(=O)[C@@H](NC(=O)N1C(=O)[C@@]2(c3cc(C#CCN(C)Cc4ccccc4)ccc31)[C@H](c1cccc(OCCO)c1)N1[C@H](c3ccccc3)[C@H](c3ccccc3)OC(=O)[C@H]1[C@@H]2C(=O)N1CCN(c2ncccn2)CC1)C(C)C. The Morgan fingerprint density at radius 2 is 1.49 bits per heavy atom. The van der Waals surface area contributed by atoms with Gasteiger partial charge in [0.25, 0.3) is 0 Å². The van der Waals surface area contributed by atoms with Crippen LogP contribution in [0, 0.1) is 23.7 Å². The maximum absolute atomic E-state index is 17.0. The minimum atomic E-state index is -2.11. The Kier molecular flexibility index (Phi) is 15.7. The van der Waals surface area contributed by atoms with E-state index in [0.717, 1.165) is 16.0 Å². The molecule has 5 aromatic carbocycles. The smallest absolute Gasteiger partial charge is 0.329 e. The van der Waals surface area contributed by atoms with Crippen molar-refractivity contribution >= 4 is 41.4 Å². The van der Waals surface area contributed by atoms with Gasteiger partial charge in [0.1, 0.15) is 36.0 Å². The zero-order valence-corrected chi connectivity index (χ0v) is 44.0. The van der Waals surface area contributed by atoms with Crippen LogP contribution < -0.4 is 19.9 Å². The first kappa shape index (κ1) is 53.0. The molecule has 2 N–H and O–H groups in total. The molecule has 0 aliphatic carbocycles. The summed E-state index contributed by atoms with van der Waals surface area (Å²) in [5.74, 6) is 2.72. The molecule has 0 saturated carbocycles. The van der Waals surface area contributed by atoms with Crippen molar-refractivity contribution in [3.05, 3.63) is 185 Å². The van der Waals surface area contributed by atoms with E-state index in [0.29, 0.717) is 54.6 Å². The number of cyclic esters (lactones) is 1. The molecule has 10 rings (SSSR count). The summed E-state index contributed by atoms with van der Waals surface area (Å²) in [6, 6.07) is 37.3. The summed E-state index contributed by atoms with van der Waals surface area (Å²) >= 11 is 0. The number of imide groups is 1. The van der Waals surface area contributed by atoms with Gasteiger partial charge in [-0.05, 0) is 77.2 Å². The zero-order chi connectivity index (χ0) is 54.5. The summed E-state index contributed by atoms with van der Waals surface area (Å²) < 4.78 is 17.9. The molecular weight excluding hydrogens is 989 g/mol. The minimum absolute atomic E-state index is 0.0444. The number of carbonyl (C=O) groups is 5. The number of ether oxygens (including phenoxy) is 3. The van der Waals surface area contributed by atoms with Crippen molar-refractivity contribution in [2.24, 2.45) is 11.8 Å². The highest BCUT2D eigenvalue weighted by Crippen LogP contribution is 2.66. The number of nitrogens with zero attached hydrogens (tertiary/aromatic N) is 7. The molecule has 4 aliphatic rings. The molecule has 7 atom stereocenters. The van der Waals surface area contributed by atoms with Crippen LogP contribution >= 0.6 is 0 Å². The van der Waals surface area contributed by atoms with E-state index in [1.165, 1.54) is 7.11 Å². The maximum atomic E-state index is 17.0. The van der Waals surface area contributed by atoms with E-state index < -0.39 is 77.3 Å². The van der Waals surface area contributed by atoms with Gasteiger partial charge in [-0.2, -0.15) is 0 Å². The fraction of sp³-hybridized carbons (Fsp3) is 0.328. The number of carbonyl (C=O) groups excluding carboxylic acids is 5. The average molecular weight is 1050 g/mol. The van der Waals surface area contributed by atoms with Crippen LogP contribution in [0.4, 0.5) is 16.4 Å². The van der Waals surface area contributed by atoms with Crippen LogP contribution in [0.3, 0.4) is 0 Å². The van der Waals surface area contributed by atoms with E-state index in [4.69, 9.17) is 14.2 Å². The van der Waals surface area contributed by atoms with E-state index in [1.54, 1.807) is 73.6 Å². The second-order valence-electron chi connectivity index (χ2n) is 20.3. The van der Waals surface area contributed by atoms with Crippen LogP contribution in [0.25, 0.3) is 0 Å². The van der Waals surface area contributed by atoms with Gasteiger partial charge in [0.05, 0.1) is 44.0 Å². The minimum Gasteiger partial charge on any atom is -0.491 e. The number of hydrogen-bond acceptors (Lipinski definition) is 14. The largest absolute Gasteiger partial charge is 0.491 e. The van der Waals surface area contributed by atoms with Crippen LogP contribution in [-0.2, 0) is 40.6 Å². The number of benzene rings is 5. The van der Waals surface area contributed by atoms with Gasteiger partial charge in [-0.25, -0.2) is 24.5 Å².